The van der Waals surface area contributed by atoms with E-state index in [0.29, 0.717) is 6.07 Å². The topological polar surface area (TPSA) is 55.4 Å². The van der Waals surface area contributed by atoms with Gasteiger partial charge in [-0.1, -0.05) is 37.3 Å². The van der Waals surface area contributed by atoms with Crippen molar-refractivity contribution in [1.82, 2.24) is 5.32 Å². The van der Waals surface area contributed by atoms with Gasteiger partial charge in [0.1, 0.15) is 0 Å². The first-order valence-electron chi connectivity index (χ1n) is 8.43. The Morgan fingerprint density at radius 2 is 1.78 bits per heavy atom. The van der Waals surface area contributed by atoms with Crippen LogP contribution in [-0.2, 0) is 22.1 Å². The molecule has 0 aliphatic rings. The van der Waals surface area contributed by atoms with Gasteiger partial charge in [0.25, 0.3) is 5.91 Å². The number of rotatable bonds is 6. The number of halogens is 3. The second-order valence-electron chi connectivity index (χ2n) is 6.04. The van der Waals surface area contributed by atoms with Crippen LogP contribution in [0.25, 0.3) is 0 Å². The van der Waals surface area contributed by atoms with E-state index in [-0.39, 0.29) is 11.6 Å². The van der Waals surface area contributed by atoms with Crippen molar-refractivity contribution in [2.75, 3.05) is 6.61 Å². The van der Waals surface area contributed by atoms with E-state index in [1.807, 2.05) is 31.2 Å². The average molecular weight is 379 g/mol. The predicted octanol–water partition coefficient (Wildman–Crippen LogP) is 4.30. The van der Waals surface area contributed by atoms with E-state index in [4.69, 9.17) is 4.74 Å². The summed E-state index contributed by atoms with van der Waals surface area (Å²) in [5, 5.41) is 2.68. The molecule has 144 valence electrons. The highest BCUT2D eigenvalue weighted by molar-refractivity contribution is 5.91. The number of hydrogen-bond donors (Lipinski definition) is 1. The summed E-state index contributed by atoms with van der Waals surface area (Å²) < 4.78 is 42.9. The van der Waals surface area contributed by atoms with Crippen LogP contribution >= 0.6 is 0 Å². The second-order valence-corrected chi connectivity index (χ2v) is 6.04. The molecule has 0 radical (unpaired) electrons. The number of ether oxygens (including phenoxy) is 1. The number of hydrogen-bond acceptors (Lipinski definition) is 3. The molecule has 0 fully saturated rings. The Balaban J connectivity index is 1.90. The molecule has 0 saturated heterocycles. The van der Waals surface area contributed by atoms with Gasteiger partial charge in [-0.3, -0.25) is 4.79 Å². The zero-order valence-corrected chi connectivity index (χ0v) is 15.0. The van der Waals surface area contributed by atoms with E-state index in [1.165, 1.54) is 11.6 Å². The highest BCUT2D eigenvalue weighted by Gasteiger charge is 2.31. The Hall–Kier alpha value is -2.83. The summed E-state index contributed by atoms with van der Waals surface area (Å²) in [6.07, 6.45) is -3.65. The summed E-state index contributed by atoms with van der Waals surface area (Å²) in [7, 11) is 0. The van der Waals surface area contributed by atoms with Gasteiger partial charge in [-0.05, 0) is 42.7 Å². The van der Waals surface area contributed by atoms with Gasteiger partial charge in [0.2, 0.25) is 0 Å². The highest BCUT2D eigenvalue weighted by Crippen LogP contribution is 2.29. The fraction of sp³-hybridized carbons (Fsp3) is 0.300. The smallest absolute Gasteiger partial charge is 0.416 e. The minimum atomic E-state index is -4.56. The molecule has 0 aromatic heterocycles. The molecule has 1 N–H and O–H groups in total. The van der Waals surface area contributed by atoms with E-state index in [1.54, 1.807) is 6.92 Å². The Morgan fingerprint density at radius 3 is 2.37 bits per heavy atom. The average Bonchev–Trinajstić information content (AvgIpc) is 2.65. The van der Waals surface area contributed by atoms with Crippen molar-refractivity contribution in [3.05, 3.63) is 70.8 Å². The molecule has 0 aliphatic carbocycles. The maximum atomic E-state index is 12.7. The largest absolute Gasteiger partial charge is 0.452 e. The number of carbonyl (C=O) groups is 2. The maximum absolute atomic E-state index is 12.7. The minimum absolute atomic E-state index is 0.263. The number of aryl methyl sites for hydroxylation is 1. The Labute approximate surface area is 155 Å². The molecule has 0 heterocycles. The lowest BCUT2D eigenvalue weighted by Crippen LogP contribution is -2.31. The first kappa shape index (κ1) is 20.5. The molecule has 0 spiro atoms. The maximum Gasteiger partial charge on any atom is 0.416 e. The van der Waals surface area contributed by atoms with Crippen molar-refractivity contribution < 1.29 is 27.5 Å². The summed E-state index contributed by atoms with van der Waals surface area (Å²) in [6.45, 7) is 3.25. The first-order valence-corrected chi connectivity index (χ1v) is 8.43. The van der Waals surface area contributed by atoms with Crippen LogP contribution in [-0.4, -0.2) is 18.5 Å². The molecule has 0 saturated carbocycles. The van der Waals surface area contributed by atoms with E-state index >= 15 is 0 Å². The quantitative estimate of drug-likeness (QED) is 0.762. The molecule has 2 aromatic carbocycles. The normalized spacial score (nSPS) is 12.3. The van der Waals surface area contributed by atoms with Crippen LogP contribution in [0.1, 0.15) is 46.9 Å². The predicted molar refractivity (Wildman–Crippen MR) is 94.1 cm³/mol. The van der Waals surface area contributed by atoms with Gasteiger partial charge in [-0.2, -0.15) is 13.2 Å². The monoisotopic (exact) mass is 379 g/mol. The van der Waals surface area contributed by atoms with Crippen LogP contribution in [0.2, 0.25) is 0 Å². The molecule has 27 heavy (non-hydrogen) atoms. The molecule has 4 nitrogen and oxygen atoms in total. The number of amides is 1. The standard InChI is InChI=1S/C20H20F3NO3/c1-3-14-7-9-15(10-8-14)13(2)24-18(25)12-27-19(26)16-5-4-6-17(11-16)20(21,22)23/h4-11,13H,3,12H2,1-2H3,(H,24,25). The van der Waals surface area contributed by atoms with Crippen LogP contribution in [0.15, 0.2) is 48.5 Å². The lowest BCUT2D eigenvalue weighted by Gasteiger charge is -2.15. The third-order valence-electron chi connectivity index (χ3n) is 4.03. The first-order chi connectivity index (χ1) is 12.7. The van der Waals surface area contributed by atoms with Crippen molar-refractivity contribution in [3.8, 4) is 0 Å². The van der Waals surface area contributed by atoms with Crippen LogP contribution in [0, 0.1) is 0 Å². The molecule has 1 unspecified atom stereocenters. The van der Waals surface area contributed by atoms with Crippen molar-refractivity contribution in [3.63, 3.8) is 0 Å². The number of nitrogens with one attached hydrogen (secondary N) is 1. The van der Waals surface area contributed by atoms with Gasteiger partial charge in [0.05, 0.1) is 17.2 Å². The number of benzene rings is 2. The Morgan fingerprint density at radius 1 is 1.11 bits per heavy atom. The van der Waals surface area contributed by atoms with E-state index < -0.39 is 30.2 Å². The molecule has 0 bridgehead atoms. The lowest BCUT2D eigenvalue weighted by atomic mass is 10.1. The van der Waals surface area contributed by atoms with E-state index in [2.05, 4.69) is 5.32 Å². The summed E-state index contributed by atoms with van der Waals surface area (Å²) in [4.78, 5) is 23.8. The van der Waals surface area contributed by atoms with Gasteiger partial charge in [-0.25, -0.2) is 4.79 Å². The van der Waals surface area contributed by atoms with Crippen molar-refractivity contribution in [1.29, 1.82) is 0 Å². The van der Waals surface area contributed by atoms with Crippen molar-refractivity contribution in [2.45, 2.75) is 32.5 Å². The molecular formula is C20H20F3NO3. The molecule has 2 rings (SSSR count). The van der Waals surface area contributed by atoms with Crippen LogP contribution in [0.5, 0.6) is 0 Å². The summed E-state index contributed by atoms with van der Waals surface area (Å²) in [6, 6.07) is 11.3. The molecule has 7 heteroatoms. The van der Waals surface area contributed by atoms with Gasteiger partial charge < -0.3 is 10.1 Å². The van der Waals surface area contributed by atoms with Crippen LogP contribution in [0.3, 0.4) is 0 Å². The fourth-order valence-corrected chi connectivity index (χ4v) is 2.45. The number of esters is 1. The third kappa shape index (κ3) is 5.84. The SMILES string of the molecule is CCc1ccc(C(C)NC(=O)COC(=O)c2cccc(C(F)(F)F)c2)cc1. The van der Waals surface area contributed by atoms with Crippen LogP contribution in [0.4, 0.5) is 13.2 Å². The molecule has 1 atom stereocenters. The molecular weight excluding hydrogens is 359 g/mol. The fourth-order valence-electron chi connectivity index (χ4n) is 2.45. The number of alkyl halides is 3. The van der Waals surface area contributed by atoms with Gasteiger partial charge in [-0.15, -0.1) is 0 Å². The summed E-state index contributed by atoms with van der Waals surface area (Å²) in [5.41, 5.74) is 0.850. The van der Waals surface area contributed by atoms with Crippen LogP contribution < -0.4 is 5.32 Å². The highest BCUT2D eigenvalue weighted by atomic mass is 19.4. The van der Waals surface area contributed by atoms with Crippen molar-refractivity contribution in [2.24, 2.45) is 0 Å². The second kappa shape index (κ2) is 8.70. The lowest BCUT2D eigenvalue weighted by molar-refractivity contribution is -0.137. The van der Waals surface area contributed by atoms with E-state index in [9.17, 15) is 22.8 Å². The summed E-state index contributed by atoms with van der Waals surface area (Å²) in [5.74, 6) is -1.53. The number of carbonyl (C=O) groups excluding carboxylic acids is 2. The van der Waals surface area contributed by atoms with Gasteiger partial charge in [0.15, 0.2) is 6.61 Å². The Bertz CT molecular complexity index is 801. The van der Waals surface area contributed by atoms with Gasteiger partial charge in [0, 0.05) is 0 Å². The molecule has 0 aliphatic heterocycles. The molecule has 2 aromatic rings. The Kier molecular flexibility index (Phi) is 6.60. The minimum Gasteiger partial charge on any atom is -0.452 e. The van der Waals surface area contributed by atoms with Gasteiger partial charge >= 0.3 is 12.1 Å². The zero-order chi connectivity index (χ0) is 20.0. The summed E-state index contributed by atoms with van der Waals surface area (Å²) >= 11 is 0. The zero-order valence-electron chi connectivity index (χ0n) is 15.0. The van der Waals surface area contributed by atoms with E-state index in [0.717, 1.165) is 24.1 Å². The third-order valence-corrected chi connectivity index (χ3v) is 4.03. The molecule has 1 amide bonds. The van der Waals surface area contributed by atoms with Crippen molar-refractivity contribution >= 4 is 11.9 Å².